The second-order valence-corrected chi connectivity index (χ2v) is 7.74. The first-order valence-corrected chi connectivity index (χ1v) is 8.54. The second kappa shape index (κ2) is 6.65. The molecule has 0 amide bonds. The summed E-state index contributed by atoms with van der Waals surface area (Å²) < 4.78 is 40.4. The van der Waals surface area contributed by atoms with Crippen molar-refractivity contribution >= 4 is 33.0 Å². The zero-order valence-corrected chi connectivity index (χ0v) is 13.3. The lowest BCUT2D eigenvalue weighted by Crippen LogP contribution is -2.31. The minimum Gasteiger partial charge on any atom is -0.241 e. The van der Waals surface area contributed by atoms with Crippen molar-refractivity contribution in [2.45, 2.75) is 11.6 Å². The van der Waals surface area contributed by atoms with E-state index in [1.165, 1.54) is 29.7 Å². The monoisotopic (exact) mass is 346 g/mol. The molecule has 0 aliphatic carbocycles. The van der Waals surface area contributed by atoms with Gasteiger partial charge in [-0.2, -0.15) is 4.31 Å². The minimum atomic E-state index is -4.04. The van der Waals surface area contributed by atoms with Gasteiger partial charge in [-0.25, -0.2) is 17.8 Å². The van der Waals surface area contributed by atoms with Crippen molar-refractivity contribution in [3.8, 4) is 0 Å². The van der Waals surface area contributed by atoms with Gasteiger partial charge in [-0.1, -0.05) is 17.7 Å². The second-order valence-electron chi connectivity index (χ2n) is 4.08. The van der Waals surface area contributed by atoms with Crippen molar-refractivity contribution in [1.29, 1.82) is 0 Å². The Balaban J connectivity index is 2.37. The fraction of sp³-hybridized carbons (Fsp3) is 0.154. The summed E-state index contributed by atoms with van der Waals surface area (Å²) in [6.45, 7) is 3.67. The standard InChI is InChI=1S/C13H12ClFN2O2S2/c1-2-8-17(9-10-5-6-12(14)20-10)21(18,19)13-11(15)4-3-7-16-13/h2-7H,1,8-9H2. The minimum absolute atomic E-state index is 0.0495. The average molecular weight is 347 g/mol. The molecule has 0 saturated heterocycles. The highest BCUT2D eigenvalue weighted by molar-refractivity contribution is 7.89. The van der Waals surface area contributed by atoms with E-state index in [1.54, 1.807) is 12.1 Å². The van der Waals surface area contributed by atoms with E-state index in [4.69, 9.17) is 11.6 Å². The van der Waals surface area contributed by atoms with Gasteiger partial charge >= 0.3 is 0 Å². The summed E-state index contributed by atoms with van der Waals surface area (Å²) in [5.41, 5.74) is 0. The molecule has 0 N–H and O–H groups in total. The Morgan fingerprint density at radius 1 is 1.43 bits per heavy atom. The molecule has 0 aliphatic heterocycles. The van der Waals surface area contributed by atoms with Crippen LogP contribution in [0.15, 0.2) is 48.1 Å². The molecule has 0 saturated carbocycles. The summed E-state index contributed by atoms with van der Waals surface area (Å²) in [4.78, 5) is 4.39. The fourth-order valence-electron chi connectivity index (χ4n) is 1.69. The van der Waals surface area contributed by atoms with Crippen molar-refractivity contribution in [2.75, 3.05) is 6.54 Å². The number of nitrogens with zero attached hydrogens (tertiary/aromatic N) is 2. The number of sulfonamides is 1. The first kappa shape index (κ1) is 16.1. The average Bonchev–Trinajstić information content (AvgIpc) is 2.84. The molecule has 2 heterocycles. The predicted octanol–water partition coefficient (Wildman–Crippen LogP) is 3.31. The summed E-state index contributed by atoms with van der Waals surface area (Å²) in [5, 5.41) is -0.588. The topological polar surface area (TPSA) is 50.3 Å². The van der Waals surface area contributed by atoms with Gasteiger partial charge in [0.2, 0.25) is 5.03 Å². The molecule has 0 aromatic carbocycles. The molecule has 4 nitrogen and oxygen atoms in total. The Hall–Kier alpha value is -1.28. The molecule has 2 rings (SSSR count). The fourth-order valence-corrected chi connectivity index (χ4v) is 4.23. The SMILES string of the molecule is C=CCN(Cc1ccc(Cl)s1)S(=O)(=O)c1ncccc1F. The number of hydrogen-bond donors (Lipinski definition) is 0. The van der Waals surface area contributed by atoms with E-state index in [1.807, 2.05) is 0 Å². The maximum absolute atomic E-state index is 13.7. The van der Waals surface area contributed by atoms with Gasteiger partial charge < -0.3 is 0 Å². The Bertz CT molecular complexity index is 746. The number of aromatic nitrogens is 1. The molecule has 2 aromatic heterocycles. The molecule has 0 atom stereocenters. The third-order valence-electron chi connectivity index (χ3n) is 2.60. The van der Waals surface area contributed by atoms with Crippen LogP contribution in [-0.4, -0.2) is 24.3 Å². The summed E-state index contributed by atoms with van der Waals surface area (Å²) in [6.07, 6.45) is 2.68. The van der Waals surface area contributed by atoms with Crippen LogP contribution in [-0.2, 0) is 16.6 Å². The molecule has 21 heavy (non-hydrogen) atoms. The highest BCUT2D eigenvalue weighted by Gasteiger charge is 2.28. The van der Waals surface area contributed by atoms with E-state index >= 15 is 0 Å². The number of pyridine rings is 1. The van der Waals surface area contributed by atoms with Crippen LogP contribution in [0.5, 0.6) is 0 Å². The Labute approximate surface area is 131 Å². The van der Waals surface area contributed by atoms with Gasteiger partial charge in [-0.05, 0) is 24.3 Å². The summed E-state index contributed by atoms with van der Waals surface area (Å²) >= 11 is 7.10. The van der Waals surface area contributed by atoms with Gasteiger partial charge in [-0.15, -0.1) is 17.9 Å². The summed E-state index contributed by atoms with van der Waals surface area (Å²) in [5.74, 6) is -0.879. The lowest BCUT2D eigenvalue weighted by molar-refractivity contribution is 0.432. The quantitative estimate of drug-likeness (QED) is 0.754. The lowest BCUT2D eigenvalue weighted by Gasteiger charge is -2.19. The highest BCUT2D eigenvalue weighted by atomic mass is 35.5. The van der Waals surface area contributed by atoms with Crippen LogP contribution in [0.4, 0.5) is 4.39 Å². The first-order valence-electron chi connectivity index (χ1n) is 5.91. The van der Waals surface area contributed by atoms with Crippen LogP contribution in [0.25, 0.3) is 0 Å². The zero-order chi connectivity index (χ0) is 15.5. The molecule has 0 spiro atoms. The van der Waals surface area contributed by atoms with Crippen molar-refractivity contribution in [2.24, 2.45) is 0 Å². The Morgan fingerprint density at radius 3 is 2.76 bits per heavy atom. The van der Waals surface area contributed by atoms with Crippen LogP contribution in [0, 0.1) is 5.82 Å². The number of hydrogen-bond acceptors (Lipinski definition) is 4. The molecule has 0 aliphatic rings. The van der Waals surface area contributed by atoms with Crippen LogP contribution >= 0.6 is 22.9 Å². The number of thiophene rings is 1. The summed E-state index contributed by atoms with van der Waals surface area (Å²) in [7, 11) is -4.04. The van der Waals surface area contributed by atoms with Gasteiger partial charge in [0, 0.05) is 24.2 Å². The van der Waals surface area contributed by atoms with Crippen LogP contribution in [0.2, 0.25) is 4.34 Å². The maximum Gasteiger partial charge on any atom is 0.264 e. The van der Waals surface area contributed by atoms with E-state index in [2.05, 4.69) is 11.6 Å². The van der Waals surface area contributed by atoms with E-state index in [0.29, 0.717) is 4.34 Å². The Kier molecular flexibility index (Phi) is 5.10. The maximum atomic E-state index is 13.7. The summed E-state index contributed by atoms with van der Waals surface area (Å²) in [6, 6.07) is 5.81. The van der Waals surface area contributed by atoms with Gasteiger partial charge in [0.25, 0.3) is 10.0 Å². The van der Waals surface area contributed by atoms with Crippen molar-refractivity contribution < 1.29 is 12.8 Å². The molecule has 2 aromatic rings. The molecular weight excluding hydrogens is 335 g/mol. The number of rotatable bonds is 6. The van der Waals surface area contributed by atoms with E-state index in [-0.39, 0.29) is 13.1 Å². The van der Waals surface area contributed by atoms with Gasteiger partial charge in [0.1, 0.15) is 0 Å². The first-order chi connectivity index (χ1) is 9.95. The van der Waals surface area contributed by atoms with Gasteiger partial charge in [0.15, 0.2) is 5.82 Å². The van der Waals surface area contributed by atoms with Crippen LogP contribution in [0.3, 0.4) is 0 Å². The smallest absolute Gasteiger partial charge is 0.241 e. The van der Waals surface area contributed by atoms with Gasteiger partial charge in [-0.3, -0.25) is 0 Å². The number of halogens is 2. The zero-order valence-electron chi connectivity index (χ0n) is 10.9. The largest absolute Gasteiger partial charge is 0.264 e. The van der Waals surface area contributed by atoms with Crippen molar-refractivity contribution in [3.05, 3.63) is 58.1 Å². The van der Waals surface area contributed by atoms with E-state index in [9.17, 15) is 12.8 Å². The predicted molar refractivity (Wildman–Crippen MR) is 81.3 cm³/mol. The third-order valence-corrected chi connectivity index (χ3v) is 5.57. The van der Waals surface area contributed by atoms with E-state index in [0.717, 1.165) is 15.2 Å². The van der Waals surface area contributed by atoms with Crippen molar-refractivity contribution in [1.82, 2.24) is 9.29 Å². The van der Waals surface area contributed by atoms with Crippen LogP contribution in [0.1, 0.15) is 4.88 Å². The van der Waals surface area contributed by atoms with Gasteiger partial charge in [0.05, 0.1) is 4.34 Å². The molecule has 8 heteroatoms. The highest BCUT2D eigenvalue weighted by Crippen LogP contribution is 2.25. The van der Waals surface area contributed by atoms with Crippen LogP contribution < -0.4 is 0 Å². The molecule has 0 unspecified atom stereocenters. The third kappa shape index (κ3) is 3.68. The molecule has 0 fully saturated rings. The van der Waals surface area contributed by atoms with E-state index < -0.39 is 20.9 Å². The molecule has 0 radical (unpaired) electrons. The Morgan fingerprint density at radius 2 is 2.19 bits per heavy atom. The molecule has 0 bridgehead atoms. The molecular formula is C13H12ClFN2O2S2. The molecule has 112 valence electrons. The normalized spacial score (nSPS) is 11.8. The lowest BCUT2D eigenvalue weighted by atomic mass is 10.4. The van der Waals surface area contributed by atoms with Crippen molar-refractivity contribution in [3.63, 3.8) is 0 Å².